The van der Waals surface area contributed by atoms with Crippen molar-refractivity contribution in [2.24, 2.45) is 0 Å². The largest absolute Gasteiger partial charge is 0.386 e. The highest BCUT2D eigenvalue weighted by Gasteiger charge is 2.25. The maximum absolute atomic E-state index is 9.73. The summed E-state index contributed by atoms with van der Waals surface area (Å²) in [6.45, 7) is 0.842. The third-order valence-corrected chi connectivity index (χ3v) is 2.78. The first-order chi connectivity index (χ1) is 8.79. The summed E-state index contributed by atoms with van der Waals surface area (Å²) in [7, 11) is 1.56. The van der Waals surface area contributed by atoms with E-state index in [1.807, 2.05) is 30.3 Å². The Morgan fingerprint density at radius 3 is 2.72 bits per heavy atom. The standard InChI is InChI=1S/C14H18O4/c1-16-14-8-7-12(15)13(18-14)10-17-9-11-5-3-2-4-6-11/h2-8,12-15H,9-10H2,1H3/t12-,13+,14-/m0/s1. The van der Waals surface area contributed by atoms with Crippen LogP contribution in [-0.4, -0.2) is 37.3 Å². The summed E-state index contributed by atoms with van der Waals surface area (Å²) in [6, 6.07) is 9.89. The van der Waals surface area contributed by atoms with Gasteiger partial charge in [0.15, 0.2) is 6.29 Å². The van der Waals surface area contributed by atoms with Crippen LogP contribution >= 0.6 is 0 Å². The molecule has 0 radical (unpaired) electrons. The van der Waals surface area contributed by atoms with E-state index in [0.29, 0.717) is 13.2 Å². The fourth-order valence-corrected chi connectivity index (χ4v) is 1.77. The third-order valence-electron chi connectivity index (χ3n) is 2.78. The Morgan fingerprint density at radius 2 is 2.00 bits per heavy atom. The van der Waals surface area contributed by atoms with Gasteiger partial charge in [-0.1, -0.05) is 36.4 Å². The third kappa shape index (κ3) is 3.65. The number of aliphatic hydroxyl groups excluding tert-OH is 1. The van der Waals surface area contributed by atoms with Crippen molar-refractivity contribution in [2.75, 3.05) is 13.7 Å². The first-order valence-corrected chi connectivity index (χ1v) is 5.96. The second-order valence-electron chi connectivity index (χ2n) is 4.15. The molecule has 1 aromatic rings. The normalized spacial score (nSPS) is 27.3. The Labute approximate surface area is 107 Å². The number of methoxy groups -OCH3 is 1. The maximum Gasteiger partial charge on any atom is 0.177 e. The number of rotatable bonds is 5. The molecule has 0 aliphatic carbocycles. The van der Waals surface area contributed by atoms with Crippen LogP contribution in [0.5, 0.6) is 0 Å². The van der Waals surface area contributed by atoms with Gasteiger partial charge < -0.3 is 19.3 Å². The lowest BCUT2D eigenvalue weighted by atomic mass is 10.1. The maximum atomic E-state index is 9.73. The summed E-state index contributed by atoms with van der Waals surface area (Å²) in [5.41, 5.74) is 1.10. The molecule has 1 aromatic carbocycles. The van der Waals surface area contributed by atoms with E-state index in [-0.39, 0.29) is 6.10 Å². The lowest BCUT2D eigenvalue weighted by molar-refractivity contribution is -0.175. The monoisotopic (exact) mass is 250 g/mol. The van der Waals surface area contributed by atoms with Gasteiger partial charge in [0.1, 0.15) is 12.2 Å². The molecule has 0 aromatic heterocycles. The zero-order chi connectivity index (χ0) is 12.8. The van der Waals surface area contributed by atoms with Gasteiger partial charge in [-0.2, -0.15) is 0 Å². The molecule has 4 heteroatoms. The van der Waals surface area contributed by atoms with E-state index >= 15 is 0 Å². The Hall–Kier alpha value is -1.20. The number of hydrogen-bond acceptors (Lipinski definition) is 4. The van der Waals surface area contributed by atoms with Gasteiger partial charge in [0.2, 0.25) is 0 Å². The van der Waals surface area contributed by atoms with E-state index in [4.69, 9.17) is 14.2 Å². The van der Waals surface area contributed by atoms with Crippen molar-refractivity contribution in [1.82, 2.24) is 0 Å². The lowest BCUT2D eigenvalue weighted by Gasteiger charge is -2.28. The average Bonchev–Trinajstić information content (AvgIpc) is 2.42. The quantitative estimate of drug-likeness (QED) is 0.804. The molecule has 0 saturated heterocycles. The van der Waals surface area contributed by atoms with Crippen LogP contribution in [0.2, 0.25) is 0 Å². The van der Waals surface area contributed by atoms with Crippen LogP contribution < -0.4 is 0 Å². The van der Waals surface area contributed by atoms with Crippen LogP contribution in [0.25, 0.3) is 0 Å². The summed E-state index contributed by atoms with van der Waals surface area (Å²) in [4.78, 5) is 0. The highest BCUT2D eigenvalue weighted by molar-refractivity contribution is 5.13. The van der Waals surface area contributed by atoms with Crippen LogP contribution in [0.1, 0.15) is 5.56 Å². The SMILES string of the molecule is CO[C@@H]1C=C[C@H](O)[C@@H](COCc2ccccc2)O1. The molecule has 4 nitrogen and oxygen atoms in total. The van der Waals surface area contributed by atoms with Gasteiger partial charge in [0, 0.05) is 7.11 Å². The fourth-order valence-electron chi connectivity index (χ4n) is 1.77. The van der Waals surface area contributed by atoms with Crippen molar-refractivity contribution in [2.45, 2.75) is 25.1 Å². The molecule has 1 heterocycles. The minimum Gasteiger partial charge on any atom is -0.386 e. The summed E-state index contributed by atoms with van der Waals surface area (Å²) in [5, 5.41) is 9.73. The van der Waals surface area contributed by atoms with Gasteiger partial charge in [-0.25, -0.2) is 0 Å². The van der Waals surface area contributed by atoms with Crippen molar-refractivity contribution < 1.29 is 19.3 Å². The summed E-state index contributed by atoms with van der Waals surface area (Å²) in [6.07, 6.45) is 1.93. The molecule has 1 aliphatic rings. The van der Waals surface area contributed by atoms with Gasteiger partial charge >= 0.3 is 0 Å². The molecule has 0 bridgehead atoms. The van der Waals surface area contributed by atoms with E-state index in [1.165, 1.54) is 0 Å². The molecule has 0 spiro atoms. The predicted octanol–water partition coefficient (Wildman–Crippen LogP) is 1.49. The van der Waals surface area contributed by atoms with Crippen molar-refractivity contribution >= 4 is 0 Å². The highest BCUT2D eigenvalue weighted by atomic mass is 16.7. The number of ether oxygens (including phenoxy) is 3. The molecule has 1 aliphatic heterocycles. The van der Waals surface area contributed by atoms with Crippen molar-refractivity contribution in [3.05, 3.63) is 48.0 Å². The Balaban J connectivity index is 1.78. The molecule has 2 rings (SSSR count). The Kier molecular flexibility index (Phi) is 4.90. The van der Waals surface area contributed by atoms with Gasteiger partial charge in [0.25, 0.3) is 0 Å². The van der Waals surface area contributed by atoms with Crippen LogP contribution in [0.3, 0.4) is 0 Å². The Morgan fingerprint density at radius 1 is 1.22 bits per heavy atom. The van der Waals surface area contributed by atoms with Crippen LogP contribution in [0, 0.1) is 0 Å². The van der Waals surface area contributed by atoms with Crippen molar-refractivity contribution in [3.63, 3.8) is 0 Å². The molecular weight excluding hydrogens is 232 g/mol. The average molecular weight is 250 g/mol. The zero-order valence-corrected chi connectivity index (χ0v) is 10.4. The van der Waals surface area contributed by atoms with Gasteiger partial charge in [-0.15, -0.1) is 0 Å². The number of benzene rings is 1. The molecule has 98 valence electrons. The van der Waals surface area contributed by atoms with Crippen LogP contribution in [0.15, 0.2) is 42.5 Å². The summed E-state index contributed by atoms with van der Waals surface area (Å²) >= 11 is 0. The molecule has 3 atom stereocenters. The predicted molar refractivity (Wildman–Crippen MR) is 66.9 cm³/mol. The van der Waals surface area contributed by atoms with Gasteiger partial charge in [-0.05, 0) is 11.6 Å². The minimum absolute atomic E-state index is 0.334. The molecule has 0 amide bonds. The van der Waals surface area contributed by atoms with E-state index in [1.54, 1.807) is 19.3 Å². The lowest BCUT2D eigenvalue weighted by Crippen LogP contribution is -2.39. The zero-order valence-electron chi connectivity index (χ0n) is 10.4. The van der Waals surface area contributed by atoms with E-state index in [0.717, 1.165) is 5.56 Å². The van der Waals surface area contributed by atoms with Crippen molar-refractivity contribution in [1.29, 1.82) is 0 Å². The fraction of sp³-hybridized carbons (Fsp3) is 0.429. The second-order valence-corrected chi connectivity index (χ2v) is 4.15. The molecule has 0 saturated carbocycles. The molecule has 1 N–H and O–H groups in total. The number of hydrogen-bond donors (Lipinski definition) is 1. The van der Waals surface area contributed by atoms with E-state index in [2.05, 4.69) is 0 Å². The molecule has 18 heavy (non-hydrogen) atoms. The first kappa shape index (κ1) is 13.2. The topological polar surface area (TPSA) is 47.9 Å². The van der Waals surface area contributed by atoms with Crippen LogP contribution in [-0.2, 0) is 20.8 Å². The van der Waals surface area contributed by atoms with Gasteiger partial charge in [-0.3, -0.25) is 0 Å². The van der Waals surface area contributed by atoms with Crippen LogP contribution in [0.4, 0.5) is 0 Å². The number of aliphatic hydroxyl groups is 1. The van der Waals surface area contributed by atoms with Crippen molar-refractivity contribution in [3.8, 4) is 0 Å². The van der Waals surface area contributed by atoms with Gasteiger partial charge in [0.05, 0.1) is 13.2 Å². The molecule has 0 fully saturated rings. The van der Waals surface area contributed by atoms with E-state index < -0.39 is 12.4 Å². The second kappa shape index (κ2) is 6.66. The molecule has 0 unspecified atom stereocenters. The summed E-state index contributed by atoms with van der Waals surface area (Å²) < 4.78 is 16.1. The smallest absolute Gasteiger partial charge is 0.177 e. The Bertz CT molecular complexity index is 377. The molecular formula is C14H18O4. The van der Waals surface area contributed by atoms with E-state index in [9.17, 15) is 5.11 Å². The first-order valence-electron chi connectivity index (χ1n) is 5.96. The highest BCUT2D eigenvalue weighted by Crippen LogP contribution is 2.14. The minimum atomic E-state index is -0.646. The summed E-state index contributed by atoms with van der Waals surface area (Å²) in [5.74, 6) is 0.